The van der Waals surface area contributed by atoms with E-state index in [1.807, 2.05) is 5.43 Å². The Labute approximate surface area is 107 Å². The molecule has 0 amide bonds. The van der Waals surface area contributed by atoms with Crippen molar-refractivity contribution in [2.24, 2.45) is 5.84 Å². The molecule has 6 nitrogen and oxygen atoms in total. The van der Waals surface area contributed by atoms with Gasteiger partial charge in [-0.1, -0.05) is 0 Å². The molecule has 0 radical (unpaired) electrons. The van der Waals surface area contributed by atoms with Crippen molar-refractivity contribution in [3.05, 3.63) is 17.7 Å². The molecule has 1 aromatic rings. The lowest BCUT2D eigenvalue weighted by molar-refractivity contribution is -0.140. The summed E-state index contributed by atoms with van der Waals surface area (Å²) in [6.45, 7) is 0.102. The minimum Gasteiger partial charge on any atom is -0.469 e. The number of carbonyl (C=O) groups is 1. The SMILES string of the molecule is COC(=O)CCNc1cc(C(F)(F)F)cc(NN)n1. The van der Waals surface area contributed by atoms with Gasteiger partial charge in [-0.15, -0.1) is 0 Å². The number of nitrogen functional groups attached to an aromatic ring is 1. The summed E-state index contributed by atoms with van der Waals surface area (Å²) in [6.07, 6.45) is -4.49. The predicted molar refractivity (Wildman–Crippen MR) is 62.2 cm³/mol. The fourth-order valence-electron chi connectivity index (χ4n) is 1.25. The summed E-state index contributed by atoms with van der Waals surface area (Å²) in [4.78, 5) is 14.6. The maximum atomic E-state index is 12.6. The zero-order valence-corrected chi connectivity index (χ0v) is 10.0. The second kappa shape index (κ2) is 6.23. The first-order valence-electron chi connectivity index (χ1n) is 5.23. The first-order valence-corrected chi connectivity index (χ1v) is 5.23. The number of esters is 1. The van der Waals surface area contributed by atoms with E-state index in [0.717, 1.165) is 12.1 Å². The summed E-state index contributed by atoms with van der Waals surface area (Å²) in [6, 6.07) is 1.61. The summed E-state index contributed by atoms with van der Waals surface area (Å²) >= 11 is 0. The van der Waals surface area contributed by atoms with Crippen LogP contribution >= 0.6 is 0 Å². The minimum atomic E-state index is -4.51. The smallest absolute Gasteiger partial charge is 0.416 e. The lowest BCUT2D eigenvalue weighted by atomic mass is 10.2. The van der Waals surface area contributed by atoms with Gasteiger partial charge in [0.1, 0.15) is 11.6 Å². The van der Waals surface area contributed by atoms with Gasteiger partial charge in [-0.25, -0.2) is 10.8 Å². The number of hydrazine groups is 1. The van der Waals surface area contributed by atoms with Gasteiger partial charge in [-0.3, -0.25) is 4.79 Å². The second-order valence-electron chi connectivity index (χ2n) is 3.52. The summed E-state index contributed by atoms with van der Waals surface area (Å²) < 4.78 is 42.2. The van der Waals surface area contributed by atoms with Crippen molar-refractivity contribution in [2.45, 2.75) is 12.6 Å². The number of nitrogens with zero attached hydrogens (tertiary/aromatic N) is 1. The number of carbonyl (C=O) groups excluding carboxylic acids is 1. The molecule has 0 fully saturated rings. The number of hydrogen-bond acceptors (Lipinski definition) is 6. The van der Waals surface area contributed by atoms with Crippen LogP contribution in [0.3, 0.4) is 0 Å². The van der Waals surface area contributed by atoms with Crippen molar-refractivity contribution in [1.82, 2.24) is 4.98 Å². The first kappa shape index (κ1) is 15.0. The maximum absolute atomic E-state index is 12.6. The molecule has 0 atom stereocenters. The third-order valence-corrected chi connectivity index (χ3v) is 2.16. The van der Waals surface area contributed by atoms with Crippen LogP contribution in [0.4, 0.5) is 24.8 Å². The molecular weight excluding hydrogens is 265 g/mol. The number of rotatable bonds is 5. The molecule has 0 saturated carbocycles. The topological polar surface area (TPSA) is 89.3 Å². The molecule has 0 spiro atoms. The Hall–Kier alpha value is -2.03. The predicted octanol–water partition coefficient (Wildman–Crippen LogP) is 1.36. The molecule has 9 heteroatoms. The third kappa shape index (κ3) is 4.62. The van der Waals surface area contributed by atoms with Crippen LogP contribution in [0.25, 0.3) is 0 Å². The number of halogens is 3. The zero-order chi connectivity index (χ0) is 14.5. The largest absolute Gasteiger partial charge is 0.469 e. The summed E-state index contributed by atoms with van der Waals surface area (Å²) in [5.74, 6) is 4.41. The van der Waals surface area contributed by atoms with E-state index in [1.54, 1.807) is 0 Å². The van der Waals surface area contributed by atoms with Crippen molar-refractivity contribution < 1.29 is 22.7 Å². The normalized spacial score (nSPS) is 11.0. The molecule has 4 N–H and O–H groups in total. The van der Waals surface area contributed by atoms with Gasteiger partial charge in [-0.05, 0) is 12.1 Å². The molecule has 0 aliphatic rings. The highest BCUT2D eigenvalue weighted by molar-refractivity contribution is 5.69. The number of ether oxygens (including phenoxy) is 1. The Balaban J connectivity index is 2.80. The van der Waals surface area contributed by atoms with Crippen molar-refractivity contribution in [1.29, 1.82) is 0 Å². The standard InChI is InChI=1S/C10H13F3N4O2/c1-19-9(18)2-3-15-7-4-6(10(11,12)13)5-8(16-7)17-14/h4-5H,2-3,14H2,1H3,(H2,15,16,17). The van der Waals surface area contributed by atoms with Crippen LogP contribution in [0.1, 0.15) is 12.0 Å². The molecule has 0 unspecified atom stereocenters. The highest BCUT2D eigenvalue weighted by atomic mass is 19.4. The molecule has 19 heavy (non-hydrogen) atoms. The molecule has 1 heterocycles. The van der Waals surface area contributed by atoms with Gasteiger partial charge in [0.05, 0.1) is 19.1 Å². The van der Waals surface area contributed by atoms with Crippen molar-refractivity contribution in [3.63, 3.8) is 0 Å². The van der Waals surface area contributed by atoms with Gasteiger partial charge in [0.2, 0.25) is 0 Å². The van der Waals surface area contributed by atoms with Crippen LogP contribution in [0.2, 0.25) is 0 Å². The quantitative estimate of drug-likeness (QED) is 0.428. The molecule has 106 valence electrons. The molecule has 0 aliphatic heterocycles. The average Bonchev–Trinajstić information content (AvgIpc) is 2.37. The Bertz CT molecular complexity index is 451. The molecule has 0 bridgehead atoms. The zero-order valence-electron chi connectivity index (χ0n) is 10.0. The van der Waals surface area contributed by atoms with Gasteiger partial charge in [0.15, 0.2) is 0 Å². The van der Waals surface area contributed by atoms with E-state index >= 15 is 0 Å². The number of anilines is 2. The molecule has 1 aromatic heterocycles. The number of pyridine rings is 1. The van der Waals surface area contributed by atoms with Crippen LogP contribution in [-0.2, 0) is 15.7 Å². The summed E-state index contributed by atoms with van der Waals surface area (Å²) in [7, 11) is 1.22. The van der Waals surface area contributed by atoms with E-state index < -0.39 is 17.7 Å². The molecule has 0 aliphatic carbocycles. The average molecular weight is 278 g/mol. The van der Waals surface area contributed by atoms with E-state index in [2.05, 4.69) is 15.0 Å². The van der Waals surface area contributed by atoms with Crippen LogP contribution in [0.5, 0.6) is 0 Å². The van der Waals surface area contributed by atoms with Crippen LogP contribution in [-0.4, -0.2) is 24.6 Å². The Morgan fingerprint density at radius 1 is 1.42 bits per heavy atom. The fraction of sp³-hybridized carbons (Fsp3) is 0.400. The molecule has 0 saturated heterocycles. The van der Waals surface area contributed by atoms with Gasteiger partial charge in [0.25, 0.3) is 0 Å². The lowest BCUT2D eigenvalue weighted by Gasteiger charge is -2.12. The minimum absolute atomic E-state index is 0.0137. The summed E-state index contributed by atoms with van der Waals surface area (Å²) in [5, 5.41) is 2.59. The molecule has 1 rings (SSSR count). The highest BCUT2D eigenvalue weighted by Gasteiger charge is 2.31. The first-order chi connectivity index (χ1) is 8.86. The Morgan fingerprint density at radius 2 is 2.05 bits per heavy atom. The van der Waals surface area contributed by atoms with Gasteiger partial charge < -0.3 is 15.5 Å². The van der Waals surface area contributed by atoms with E-state index in [-0.39, 0.29) is 24.6 Å². The van der Waals surface area contributed by atoms with Crippen LogP contribution < -0.4 is 16.6 Å². The number of alkyl halides is 3. The van der Waals surface area contributed by atoms with Gasteiger partial charge in [-0.2, -0.15) is 13.2 Å². The van der Waals surface area contributed by atoms with E-state index in [9.17, 15) is 18.0 Å². The third-order valence-electron chi connectivity index (χ3n) is 2.16. The molecule has 0 aromatic carbocycles. The second-order valence-corrected chi connectivity index (χ2v) is 3.52. The monoisotopic (exact) mass is 278 g/mol. The van der Waals surface area contributed by atoms with E-state index in [0.29, 0.717) is 0 Å². The van der Waals surface area contributed by atoms with Gasteiger partial charge in [0, 0.05) is 6.54 Å². The van der Waals surface area contributed by atoms with Crippen molar-refractivity contribution >= 4 is 17.6 Å². The van der Waals surface area contributed by atoms with Crippen LogP contribution in [0.15, 0.2) is 12.1 Å². The Morgan fingerprint density at radius 3 is 2.58 bits per heavy atom. The number of nitrogens with one attached hydrogen (secondary N) is 2. The lowest BCUT2D eigenvalue weighted by Crippen LogP contribution is -2.15. The van der Waals surface area contributed by atoms with E-state index in [1.165, 1.54) is 7.11 Å². The highest BCUT2D eigenvalue weighted by Crippen LogP contribution is 2.31. The number of methoxy groups -OCH3 is 1. The van der Waals surface area contributed by atoms with Crippen molar-refractivity contribution in [2.75, 3.05) is 24.4 Å². The summed E-state index contributed by atoms with van der Waals surface area (Å²) in [5.41, 5.74) is 1.15. The Kier molecular flexibility index (Phi) is 4.93. The van der Waals surface area contributed by atoms with E-state index in [4.69, 9.17) is 5.84 Å². The van der Waals surface area contributed by atoms with Crippen LogP contribution in [0, 0.1) is 0 Å². The van der Waals surface area contributed by atoms with Crippen molar-refractivity contribution in [3.8, 4) is 0 Å². The van der Waals surface area contributed by atoms with Gasteiger partial charge >= 0.3 is 12.1 Å². The number of aromatic nitrogens is 1. The maximum Gasteiger partial charge on any atom is 0.416 e. The fourth-order valence-corrected chi connectivity index (χ4v) is 1.25. The number of nitrogens with two attached hydrogens (primary N) is 1. The number of hydrogen-bond donors (Lipinski definition) is 3. The molecular formula is C10H13F3N4O2.